The van der Waals surface area contributed by atoms with Crippen molar-refractivity contribution in [3.05, 3.63) is 120 Å². The van der Waals surface area contributed by atoms with Gasteiger partial charge < -0.3 is 44.8 Å². The molecule has 2 aliphatic rings. The molecule has 2 unspecified atom stereocenters. The van der Waals surface area contributed by atoms with E-state index in [4.69, 9.17) is 8.83 Å². The Morgan fingerprint density at radius 2 is 1.08 bits per heavy atom. The lowest BCUT2D eigenvalue weighted by molar-refractivity contribution is -0.168. The molecule has 0 saturated carbocycles. The van der Waals surface area contributed by atoms with Crippen LogP contribution in [0.3, 0.4) is 0 Å². The monoisotopic (exact) mass is 1150 g/mol. The first-order chi connectivity index (χ1) is 40.3. The molecule has 430 valence electrons. The van der Waals surface area contributed by atoms with Gasteiger partial charge in [0.05, 0.1) is 39.0 Å². The van der Waals surface area contributed by atoms with E-state index >= 15 is 9.59 Å². The molecule has 28 nitrogen and oxygen atoms in total. The molecule has 2 fully saturated rings. The second-order valence-corrected chi connectivity index (χ2v) is 19.2. The summed E-state index contributed by atoms with van der Waals surface area (Å²) < 4.78 is 39.4. The first-order valence-corrected chi connectivity index (χ1v) is 25.7. The molecule has 8 aromatic rings. The molecule has 6 aromatic heterocycles. The highest BCUT2D eigenvalue weighted by Crippen LogP contribution is 2.41. The van der Waals surface area contributed by atoms with Crippen LogP contribution in [-0.2, 0) is 51.2 Å². The van der Waals surface area contributed by atoms with Crippen LogP contribution in [0.2, 0.25) is 0 Å². The smallest absolute Gasteiger partial charge is 0.272 e. The Kier molecular flexibility index (Phi) is 15.9. The number of carbonyl (C=O) groups excluding carboxylic acids is 8. The normalized spacial score (nSPS) is 15.3. The number of amides is 8. The predicted octanol–water partition coefficient (Wildman–Crippen LogP) is 1.48. The average Bonchev–Trinajstić information content (AvgIpc) is 1.87. The lowest BCUT2D eigenvalue weighted by atomic mass is 10.1. The van der Waals surface area contributed by atoms with Gasteiger partial charge in [-0.15, -0.1) is 20.4 Å². The number of rotatable bonds is 16. The van der Waals surface area contributed by atoms with Crippen molar-refractivity contribution in [2.24, 2.45) is 0 Å². The highest BCUT2D eigenvalue weighted by molar-refractivity contribution is 6.10. The van der Waals surface area contributed by atoms with E-state index in [1.807, 2.05) is 0 Å². The predicted molar refractivity (Wildman–Crippen MR) is 286 cm³/mol. The Bertz CT molecular complexity index is 3940. The van der Waals surface area contributed by atoms with Gasteiger partial charge in [-0.25, -0.2) is 18.7 Å². The van der Waals surface area contributed by atoms with Gasteiger partial charge in [-0.2, -0.15) is 0 Å². The van der Waals surface area contributed by atoms with Crippen molar-refractivity contribution in [1.29, 1.82) is 0 Å². The van der Waals surface area contributed by atoms with Gasteiger partial charge in [-0.1, -0.05) is 24.3 Å². The molecule has 0 bridgehead atoms. The maximum absolute atomic E-state index is 16.0. The van der Waals surface area contributed by atoms with Gasteiger partial charge in [0, 0.05) is 57.0 Å². The van der Waals surface area contributed by atoms with Crippen molar-refractivity contribution < 1.29 is 66.2 Å². The fourth-order valence-electron chi connectivity index (χ4n) is 9.53. The first-order valence-electron chi connectivity index (χ1n) is 25.7. The van der Waals surface area contributed by atoms with E-state index in [-0.39, 0.29) is 81.2 Å². The standard InChI is InChI=1S/C54H48F2N16O12/c1-27(73)59-22-39(76)68-18-19-69(49-34-6-4-16-57-43(34)47(80)45(62-49)51-66-64-36(83-51)20-30-8-12-32(55)13-9-30)54(82)53(68)72(41(78)24-61-29(3)75)38-25-71(42(79)26-70(38)40(77)23-60-28(2)74)50-35-7-5-17-58-44(35)48(81)46(63-50)52-67-65-37(84-52)21-31-10-14-33(56)15-11-31/h4-17,38,53,80-81H,18-26H2,1-3H3,(H,59,73)(H,60,74)(H,61,75). The minimum Gasteiger partial charge on any atom is -0.504 e. The van der Waals surface area contributed by atoms with Crippen molar-refractivity contribution in [2.45, 2.75) is 45.9 Å². The highest BCUT2D eigenvalue weighted by atomic mass is 19.1. The summed E-state index contributed by atoms with van der Waals surface area (Å²) in [6, 6.07) is 16.9. The summed E-state index contributed by atoms with van der Waals surface area (Å²) in [5.74, 6) is -10.2. The number of nitrogens with one attached hydrogen (secondary N) is 3. The van der Waals surface area contributed by atoms with Gasteiger partial charge in [0.15, 0.2) is 29.1 Å². The van der Waals surface area contributed by atoms with Crippen LogP contribution < -0.4 is 25.8 Å². The van der Waals surface area contributed by atoms with E-state index in [0.29, 0.717) is 11.1 Å². The number of fused-ring (bicyclic) bond motifs is 2. The van der Waals surface area contributed by atoms with Gasteiger partial charge in [-0.3, -0.25) is 63.0 Å². The lowest BCUT2D eigenvalue weighted by Gasteiger charge is -2.51. The summed E-state index contributed by atoms with van der Waals surface area (Å²) in [5, 5.41) is 47.1. The minimum atomic E-state index is -2.16. The molecule has 5 N–H and O–H groups in total. The van der Waals surface area contributed by atoms with E-state index in [1.165, 1.54) is 85.2 Å². The molecule has 8 amide bonds. The van der Waals surface area contributed by atoms with Crippen LogP contribution in [-0.4, -0.2) is 171 Å². The molecule has 84 heavy (non-hydrogen) atoms. The van der Waals surface area contributed by atoms with Gasteiger partial charge >= 0.3 is 0 Å². The number of aromatic nitrogens is 8. The molecule has 30 heteroatoms. The maximum Gasteiger partial charge on any atom is 0.272 e. The Balaban J connectivity index is 1.11. The number of benzene rings is 2. The second kappa shape index (κ2) is 23.6. The molecule has 2 atom stereocenters. The van der Waals surface area contributed by atoms with Gasteiger partial charge in [0.2, 0.25) is 53.1 Å². The minimum absolute atomic E-state index is 0.0188. The van der Waals surface area contributed by atoms with E-state index in [2.05, 4.69) is 56.3 Å². The molecular weight excluding hydrogens is 1100 g/mol. The van der Waals surface area contributed by atoms with Gasteiger partial charge in [-0.05, 0) is 59.7 Å². The zero-order valence-electron chi connectivity index (χ0n) is 44.6. The molecular formula is C54H48F2N16O12. The number of pyridine rings is 4. The van der Waals surface area contributed by atoms with Crippen molar-refractivity contribution in [3.63, 3.8) is 0 Å². The van der Waals surface area contributed by atoms with Crippen LogP contribution >= 0.6 is 0 Å². The zero-order chi connectivity index (χ0) is 59.5. The molecule has 8 heterocycles. The molecule has 10 rings (SSSR count). The Morgan fingerprint density at radius 3 is 1.57 bits per heavy atom. The van der Waals surface area contributed by atoms with Crippen molar-refractivity contribution in [3.8, 4) is 34.7 Å². The number of hydrogen-bond donors (Lipinski definition) is 5. The number of hydrogen-bond acceptors (Lipinski definition) is 20. The van der Waals surface area contributed by atoms with Crippen molar-refractivity contribution >= 4 is 80.7 Å². The Labute approximate surface area is 472 Å². The van der Waals surface area contributed by atoms with E-state index in [9.17, 15) is 47.8 Å². The molecule has 0 spiro atoms. The quantitative estimate of drug-likeness (QED) is 0.0915. The molecule has 0 radical (unpaired) electrons. The second-order valence-electron chi connectivity index (χ2n) is 19.2. The number of nitrogens with zero attached hydrogens (tertiary/aromatic N) is 13. The van der Waals surface area contributed by atoms with Crippen LogP contribution in [0, 0.1) is 11.6 Å². The first kappa shape index (κ1) is 56.3. The summed E-state index contributed by atoms with van der Waals surface area (Å²) in [7, 11) is 0. The summed E-state index contributed by atoms with van der Waals surface area (Å²) in [6.07, 6.45) is -1.25. The van der Waals surface area contributed by atoms with Gasteiger partial charge in [0.1, 0.15) is 47.0 Å². The van der Waals surface area contributed by atoms with Crippen molar-refractivity contribution in [1.82, 2.24) is 71.0 Å². The van der Waals surface area contributed by atoms with Crippen LogP contribution in [0.5, 0.6) is 11.5 Å². The topological polar surface area (TPSA) is 359 Å². The third kappa shape index (κ3) is 11.6. The fourth-order valence-corrected chi connectivity index (χ4v) is 9.53. The number of anilines is 2. The number of carbonyl (C=O) groups is 8. The fraction of sp³-hybridized carbons (Fsp3) is 0.259. The maximum atomic E-state index is 16.0. The Morgan fingerprint density at radius 1 is 0.619 bits per heavy atom. The van der Waals surface area contributed by atoms with Crippen LogP contribution in [0.1, 0.15) is 43.7 Å². The van der Waals surface area contributed by atoms with E-state index in [0.717, 1.165) is 45.3 Å². The van der Waals surface area contributed by atoms with E-state index in [1.54, 1.807) is 0 Å². The average molecular weight is 1150 g/mol. The zero-order valence-corrected chi connectivity index (χ0v) is 44.6. The SMILES string of the molecule is CC(=O)NCC(=O)N1CC(=O)N(c2nc(-c3nnc(Cc4ccc(F)cc4)o3)c(O)c3ncccc23)CC1N(C(=O)CNC(C)=O)C1C(=O)N(c2nc(-c3nnc(Cc4ccc(F)cc4)o3)c(O)c3ncccc23)CCN1C(=O)CNC(C)=O. The number of aromatic hydroxyl groups is 2. The van der Waals surface area contributed by atoms with Crippen LogP contribution in [0.15, 0.2) is 94.0 Å². The molecule has 2 aromatic carbocycles. The summed E-state index contributed by atoms with van der Waals surface area (Å²) in [4.78, 5) is 135. The molecule has 2 saturated heterocycles. The van der Waals surface area contributed by atoms with Crippen LogP contribution in [0.25, 0.3) is 45.0 Å². The van der Waals surface area contributed by atoms with Gasteiger partial charge in [0.25, 0.3) is 17.7 Å². The number of piperazine rings is 2. The summed E-state index contributed by atoms with van der Waals surface area (Å²) in [6.45, 7) is -1.54. The third-order valence-corrected chi connectivity index (χ3v) is 13.5. The van der Waals surface area contributed by atoms with E-state index < -0.39 is 129 Å². The Hall–Kier alpha value is -10.9. The highest BCUT2D eigenvalue weighted by Gasteiger charge is 2.51. The summed E-state index contributed by atoms with van der Waals surface area (Å²) >= 11 is 0. The van der Waals surface area contributed by atoms with Crippen molar-refractivity contribution in [2.75, 3.05) is 55.6 Å². The van der Waals surface area contributed by atoms with Crippen LogP contribution in [0.4, 0.5) is 20.4 Å². The summed E-state index contributed by atoms with van der Waals surface area (Å²) in [5.41, 5.74) is 0.199. The molecule has 0 aliphatic carbocycles. The lowest BCUT2D eigenvalue weighted by Crippen LogP contribution is -2.74. The largest absolute Gasteiger partial charge is 0.504 e. The number of halogens is 2. The third-order valence-electron chi connectivity index (χ3n) is 13.5. The molecule has 2 aliphatic heterocycles.